The number of hydrogen-bond donors (Lipinski definition) is 2. The van der Waals surface area contributed by atoms with Crippen LogP contribution < -0.4 is 0 Å². The average Bonchev–Trinajstić information content (AvgIpc) is 2.77. The van der Waals surface area contributed by atoms with Gasteiger partial charge in [0, 0.05) is 5.69 Å². The number of aliphatic carboxylic acids is 1. The number of nitrogens with one attached hydrogen (secondary N) is 1. The molecule has 0 saturated heterocycles. The molecule has 1 aliphatic carbocycles. The first kappa shape index (κ1) is 10.9. The van der Waals surface area contributed by atoms with Gasteiger partial charge in [0.05, 0.1) is 23.7 Å². The van der Waals surface area contributed by atoms with Crippen molar-refractivity contribution in [1.82, 2.24) is 30.4 Å². The Hall–Kier alpha value is -2.25. The maximum Gasteiger partial charge on any atom is 0.311 e. The summed E-state index contributed by atoms with van der Waals surface area (Å²) in [5, 5.41) is 27.3. The van der Waals surface area contributed by atoms with E-state index < -0.39 is 11.4 Å². The summed E-state index contributed by atoms with van der Waals surface area (Å²) in [4.78, 5) is 11.2. The highest BCUT2D eigenvalue weighted by molar-refractivity contribution is 5.77. The minimum Gasteiger partial charge on any atom is -0.481 e. The van der Waals surface area contributed by atoms with E-state index in [1.54, 1.807) is 10.9 Å². The van der Waals surface area contributed by atoms with Crippen LogP contribution in [0.2, 0.25) is 0 Å². The zero-order valence-corrected chi connectivity index (χ0v) is 9.79. The van der Waals surface area contributed by atoms with E-state index in [0.717, 1.165) is 11.3 Å². The van der Waals surface area contributed by atoms with Gasteiger partial charge < -0.3 is 5.11 Å². The van der Waals surface area contributed by atoms with Gasteiger partial charge >= 0.3 is 5.97 Å². The van der Waals surface area contributed by atoms with Gasteiger partial charge in [0.1, 0.15) is 0 Å². The summed E-state index contributed by atoms with van der Waals surface area (Å²) in [5.74, 6) is -0.235. The fraction of sp³-hybridized carbons (Fsp3) is 0.500. The maximum atomic E-state index is 11.2. The van der Waals surface area contributed by atoms with Crippen LogP contribution >= 0.6 is 0 Å². The van der Waals surface area contributed by atoms with Crippen molar-refractivity contribution in [3.63, 3.8) is 0 Å². The van der Waals surface area contributed by atoms with Crippen LogP contribution in [0.1, 0.15) is 18.5 Å². The predicted molar refractivity (Wildman–Crippen MR) is 59.4 cm³/mol. The highest BCUT2D eigenvalue weighted by Gasteiger charge is 2.51. The van der Waals surface area contributed by atoms with Crippen LogP contribution in [-0.4, -0.2) is 41.5 Å². The van der Waals surface area contributed by atoms with Gasteiger partial charge in [-0.1, -0.05) is 0 Å². The van der Waals surface area contributed by atoms with Gasteiger partial charge in [-0.05, 0) is 30.2 Å². The lowest BCUT2D eigenvalue weighted by molar-refractivity contribution is -0.144. The molecule has 2 aromatic heterocycles. The molecular formula is C10H12N6O2. The zero-order valence-electron chi connectivity index (χ0n) is 9.79. The van der Waals surface area contributed by atoms with Gasteiger partial charge in [-0.25, -0.2) is 4.68 Å². The number of aromatic nitrogens is 6. The molecule has 8 nitrogen and oxygen atoms in total. The first-order valence-electron chi connectivity index (χ1n) is 5.62. The largest absolute Gasteiger partial charge is 0.481 e. The average molecular weight is 248 g/mol. The molecule has 2 aromatic rings. The zero-order chi connectivity index (χ0) is 12.8. The summed E-state index contributed by atoms with van der Waals surface area (Å²) < 4.78 is 1.54. The Balaban J connectivity index is 1.94. The van der Waals surface area contributed by atoms with E-state index >= 15 is 0 Å². The highest BCUT2D eigenvalue weighted by Crippen LogP contribution is 2.47. The van der Waals surface area contributed by atoms with Crippen molar-refractivity contribution >= 4 is 5.97 Å². The number of tetrazole rings is 1. The highest BCUT2D eigenvalue weighted by atomic mass is 16.4. The van der Waals surface area contributed by atoms with Crippen LogP contribution in [0.15, 0.2) is 6.20 Å². The third kappa shape index (κ3) is 1.57. The molecule has 3 rings (SSSR count). The molecule has 1 fully saturated rings. The van der Waals surface area contributed by atoms with Gasteiger partial charge in [0.25, 0.3) is 0 Å². The molecule has 1 saturated carbocycles. The van der Waals surface area contributed by atoms with Gasteiger partial charge in [-0.2, -0.15) is 5.10 Å². The SMILES string of the molecule is Cc1[nH]ncc1-c1nnnn1CC1(C(=O)O)CC1. The Morgan fingerprint density at radius 2 is 2.39 bits per heavy atom. The Morgan fingerprint density at radius 1 is 1.61 bits per heavy atom. The Bertz CT molecular complexity index is 597. The standard InChI is InChI=1S/C10H12N6O2/c1-6-7(4-11-12-6)8-13-14-15-16(8)5-10(2-3-10)9(17)18/h4H,2-3,5H2,1H3,(H,11,12)(H,17,18). The number of aromatic amines is 1. The molecule has 0 radical (unpaired) electrons. The Morgan fingerprint density at radius 3 is 2.94 bits per heavy atom. The van der Waals surface area contributed by atoms with Crippen molar-refractivity contribution in [1.29, 1.82) is 0 Å². The lowest BCUT2D eigenvalue weighted by Crippen LogP contribution is -2.22. The summed E-state index contributed by atoms with van der Waals surface area (Å²) in [5.41, 5.74) is 0.953. The van der Waals surface area contributed by atoms with Crippen LogP contribution in [0.5, 0.6) is 0 Å². The van der Waals surface area contributed by atoms with E-state index in [-0.39, 0.29) is 0 Å². The topological polar surface area (TPSA) is 110 Å². The maximum absolute atomic E-state index is 11.2. The van der Waals surface area contributed by atoms with E-state index in [9.17, 15) is 9.90 Å². The number of nitrogens with zero attached hydrogens (tertiary/aromatic N) is 5. The molecule has 18 heavy (non-hydrogen) atoms. The number of carboxylic acid groups (broad SMARTS) is 1. The molecule has 0 aliphatic heterocycles. The number of carbonyl (C=O) groups is 1. The second-order valence-electron chi connectivity index (χ2n) is 4.65. The quantitative estimate of drug-likeness (QED) is 0.801. The van der Waals surface area contributed by atoms with E-state index in [2.05, 4.69) is 25.7 Å². The molecular weight excluding hydrogens is 236 g/mol. The van der Waals surface area contributed by atoms with Crippen LogP contribution in [0.4, 0.5) is 0 Å². The van der Waals surface area contributed by atoms with Crippen LogP contribution in [0.3, 0.4) is 0 Å². The smallest absolute Gasteiger partial charge is 0.311 e. The van der Waals surface area contributed by atoms with Crippen molar-refractivity contribution in [2.45, 2.75) is 26.3 Å². The van der Waals surface area contributed by atoms with Gasteiger partial charge in [0.2, 0.25) is 0 Å². The molecule has 0 atom stereocenters. The molecule has 0 spiro atoms. The Labute approximate surface area is 102 Å². The fourth-order valence-electron chi connectivity index (χ4n) is 1.96. The second-order valence-corrected chi connectivity index (χ2v) is 4.65. The monoisotopic (exact) mass is 248 g/mol. The van der Waals surface area contributed by atoms with Crippen molar-refractivity contribution < 1.29 is 9.90 Å². The van der Waals surface area contributed by atoms with Gasteiger partial charge in [-0.15, -0.1) is 5.10 Å². The second kappa shape index (κ2) is 3.62. The predicted octanol–water partition coefficient (Wildman–Crippen LogP) is 0.236. The lowest BCUT2D eigenvalue weighted by atomic mass is 10.1. The van der Waals surface area contributed by atoms with Crippen LogP contribution in [-0.2, 0) is 11.3 Å². The molecule has 2 N–H and O–H groups in total. The molecule has 0 amide bonds. The Kier molecular flexibility index (Phi) is 2.19. The van der Waals surface area contributed by atoms with Crippen molar-refractivity contribution in [2.24, 2.45) is 5.41 Å². The lowest BCUT2D eigenvalue weighted by Gasteiger charge is -2.10. The van der Waals surface area contributed by atoms with E-state index in [4.69, 9.17) is 0 Å². The molecule has 0 unspecified atom stereocenters. The van der Waals surface area contributed by atoms with Crippen molar-refractivity contribution in [3.05, 3.63) is 11.9 Å². The van der Waals surface area contributed by atoms with Crippen LogP contribution in [0, 0.1) is 12.3 Å². The molecule has 2 heterocycles. The first-order valence-corrected chi connectivity index (χ1v) is 5.62. The molecule has 8 heteroatoms. The third-order valence-electron chi connectivity index (χ3n) is 3.36. The number of aryl methyl sites for hydroxylation is 1. The van der Waals surface area contributed by atoms with E-state index in [0.29, 0.717) is 25.2 Å². The van der Waals surface area contributed by atoms with Crippen LogP contribution in [0.25, 0.3) is 11.4 Å². The first-order chi connectivity index (χ1) is 8.62. The fourth-order valence-corrected chi connectivity index (χ4v) is 1.96. The van der Waals surface area contributed by atoms with Gasteiger partial charge in [-0.3, -0.25) is 9.89 Å². The van der Waals surface area contributed by atoms with Crippen molar-refractivity contribution in [2.75, 3.05) is 0 Å². The molecule has 1 aliphatic rings. The summed E-state index contributed by atoms with van der Waals surface area (Å²) in [6.07, 6.45) is 2.98. The van der Waals surface area contributed by atoms with Gasteiger partial charge in [0.15, 0.2) is 5.82 Å². The minimum absolute atomic E-state index is 0.301. The van der Waals surface area contributed by atoms with E-state index in [1.807, 2.05) is 6.92 Å². The van der Waals surface area contributed by atoms with E-state index in [1.165, 1.54) is 0 Å². The molecule has 0 aromatic carbocycles. The number of carboxylic acids is 1. The number of rotatable bonds is 4. The third-order valence-corrected chi connectivity index (χ3v) is 3.36. The summed E-state index contributed by atoms with van der Waals surface area (Å²) in [7, 11) is 0. The number of H-pyrrole nitrogens is 1. The van der Waals surface area contributed by atoms with Crippen molar-refractivity contribution in [3.8, 4) is 11.4 Å². The summed E-state index contributed by atoms with van der Waals surface area (Å²) in [6.45, 7) is 2.17. The minimum atomic E-state index is -0.784. The normalized spacial score (nSPS) is 16.7. The molecule has 94 valence electrons. The summed E-state index contributed by atoms with van der Waals surface area (Å²) in [6, 6.07) is 0. The number of hydrogen-bond acceptors (Lipinski definition) is 5. The molecule has 0 bridgehead atoms. The summed E-state index contributed by atoms with van der Waals surface area (Å²) >= 11 is 0.